The molecule has 80 valence electrons. The zero-order chi connectivity index (χ0) is 10.6. The molecule has 14 heavy (non-hydrogen) atoms. The number of rotatable bonds is 5. The Kier molecular flexibility index (Phi) is 4.01. The molecule has 2 N–H and O–H groups in total. The van der Waals surface area contributed by atoms with Crippen LogP contribution in [-0.4, -0.2) is 20.1 Å². The second kappa shape index (κ2) is 5.05. The van der Waals surface area contributed by atoms with Crippen molar-refractivity contribution in [2.45, 2.75) is 20.3 Å². The summed E-state index contributed by atoms with van der Waals surface area (Å²) < 4.78 is 5.52. The molecule has 0 aromatic carbocycles. The fourth-order valence-electron chi connectivity index (χ4n) is 1.47. The van der Waals surface area contributed by atoms with Crippen LogP contribution < -0.4 is 10.6 Å². The second-order valence-corrected chi connectivity index (χ2v) is 3.77. The molecule has 0 saturated heterocycles. The molecular weight excluding hydrogens is 176 g/mol. The lowest BCUT2D eigenvalue weighted by atomic mass is 10.1. The van der Waals surface area contributed by atoms with Crippen molar-refractivity contribution in [1.82, 2.24) is 0 Å². The second-order valence-electron chi connectivity index (χ2n) is 3.77. The minimum atomic E-state index is 0.547. The molecule has 0 bridgehead atoms. The van der Waals surface area contributed by atoms with Crippen molar-refractivity contribution in [3.05, 3.63) is 17.9 Å². The maximum absolute atomic E-state index is 5.66. The predicted octanol–water partition coefficient (Wildman–Crippen LogP) is 2.01. The molecule has 1 aromatic heterocycles. The van der Waals surface area contributed by atoms with E-state index >= 15 is 0 Å². The van der Waals surface area contributed by atoms with Crippen LogP contribution in [0.2, 0.25) is 0 Å². The van der Waals surface area contributed by atoms with E-state index in [0.717, 1.165) is 31.2 Å². The van der Waals surface area contributed by atoms with Gasteiger partial charge in [0.15, 0.2) is 5.88 Å². The van der Waals surface area contributed by atoms with Gasteiger partial charge in [-0.1, -0.05) is 13.3 Å². The fraction of sp³-hybridized carbons (Fsp3) is 0.636. The Balaban J connectivity index is 2.53. The van der Waals surface area contributed by atoms with Crippen LogP contribution in [-0.2, 0) is 0 Å². The van der Waals surface area contributed by atoms with E-state index in [9.17, 15) is 0 Å². The maximum Gasteiger partial charge on any atom is 0.195 e. The summed E-state index contributed by atoms with van der Waals surface area (Å²) >= 11 is 0. The maximum atomic E-state index is 5.66. The highest BCUT2D eigenvalue weighted by Crippen LogP contribution is 2.17. The average molecular weight is 196 g/mol. The summed E-state index contributed by atoms with van der Waals surface area (Å²) in [6.45, 7) is 5.82. The fourth-order valence-corrected chi connectivity index (χ4v) is 1.47. The standard InChI is InChI=1S/C11H20N2O/c1-4-10(7-12)8-13(3)11-6-5-9(2)14-11/h5-6,10H,4,7-8,12H2,1-3H3. The van der Waals surface area contributed by atoms with Crippen molar-refractivity contribution >= 4 is 5.88 Å². The van der Waals surface area contributed by atoms with Crippen molar-refractivity contribution in [3.8, 4) is 0 Å². The first-order chi connectivity index (χ1) is 6.67. The first kappa shape index (κ1) is 11.1. The molecule has 1 aromatic rings. The first-order valence-electron chi connectivity index (χ1n) is 5.15. The molecule has 0 aliphatic heterocycles. The van der Waals surface area contributed by atoms with E-state index in [1.807, 2.05) is 26.1 Å². The van der Waals surface area contributed by atoms with Crippen LogP contribution in [0.5, 0.6) is 0 Å². The Morgan fingerprint density at radius 2 is 2.21 bits per heavy atom. The molecular formula is C11H20N2O. The van der Waals surface area contributed by atoms with Crippen molar-refractivity contribution in [2.75, 3.05) is 25.0 Å². The third-order valence-corrected chi connectivity index (χ3v) is 2.55. The molecule has 3 heteroatoms. The summed E-state index contributed by atoms with van der Waals surface area (Å²) in [6, 6.07) is 3.98. The molecule has 0 fully saturated rings. The number of anilines is 1. The molecule has 1 heterocycles. The Morgan fingerprint density at radius 3 is 2.64 bits per heavy atom. The normalized spacial score (nSPS) is 12.9. The molecule has 1 atom stereocenters. The van der Waals surface area contributed by atoms with Crippen molar-refractivity contribution < 1.29 is 4.42 Å². The number of nitrogens with two attached hydrogens (primary N) is 1. The Hall–Kier alpha value is -0.960. The number of nitrogens with zero attached hydrogens (tertiary/aromatic N) is 1. The largest absolute Gasteiger partial charge is 0.446 e. The molecule has 0 saturated carbocycles. The molecule has 0 spiro atoms. The van der Waals surface area contributed by atoms with Crippen LogP contribution in [0.15, 0.2) is 16.5 Å². The smallest absolute Gasteiger partial charge is 0.195 e. The van der Waals surface area contributed by atoms with E-state index in [0.29, 0.717) is 5.92 Å². The first-order valence-corrected chi connectivity index (χ1v) is 5.15. The summed E-state index contributed by atoms with van der Waals surface area (Å²) in [5, 5.41) is 0. The van der Waals surface area contributed by atoms with Gasteiger partial charge < -0.3 is 15.1 Å². The highest BCUT2D eigenvalue weighted by atomic mass is 16.4. The van der Waals surface area contributed by atoms with Gasteiger partial charge in [0.25, 0.3) is 0 Å². The van der Waals surface area contributed by atoms with Gasteiger partial charge in [-0.15, -0.1) is 0 Å². The monoisotopic (exact) mass is 196 g/mol. The summed E-state index contributed by atoms with van der Waals surface area (Å²) in [6.07, 6.45) is 1.11. The minimum absolute atomic E-state index is 0.547. The van der Waals surface area contributed by atoms with E-state index in [1.54, 1.807) is 0 Å². The Bertz CT molecular complexity index is 266. The Morgan fingerprint density at radius 1 is 1.50 bits per heavy atom. The van der Waals surface area contributed by atoms with E-state index in [4.69, 9.17) is 10.2 Å². The highest BCUT2D eigenvalue weighted by Gasteiger charge is 2.10. The van der Waals surface area contributed by atoms with Crippen LogP contribution in [0.25, 0.3) is 0 Å². The van der Waals surface area contributed by atoms with Gasteiger partial charge in [0.1, 0.15) is 5.76 Å². The van der Waals surface area contributed by atoms with Crippen LogP contribution in [0.1, 0.15) is 19.1 Å². The lowest BCUT2D eigenvalue weighted by Crippen LogP contribution is -2.29. The summed E-state index contributed by atoms with van der Waals surface area (Å²) in [5.41, 5.74) is 5.66. The molecule has 3 nitrogen and oxygen atoms in total. The van der Waals surface area contributed by atoms with Crippen molar-refractivity contribution in [1.29, 1.82) is 0 Å². The molecule has 1 unspecified atom stereocenters. The zero-order valence-corrected chi connectivity index (χ0v) is 9.29. The van der Waals surface area contributed by atoms with Gasteiger partial charge in [-0.05, 0) is 25.5 Å². The number of hydrogen-bond acceptors (Lipinski definition) is 3. The predicted molar refractivity (Wildman–Crippen MR) is 59.6 cm³/mol. The highest BCUT2D eigenvalue weighted by molar-refractivity contribution is 5.35. The van der Waals surface area contributed by atoms with Crippen LogP contribution in [0.4, 0.5) is 5.88 Å². The zero-order valence-electron chi connectivity index (χ0n) is 9.29. The summed E-state index contributed by atoms with van der Waals surface area (Å²) in [5.74, 6) is 2.42. The average Bonchev–Trinajstić information content (AvgIpc) is 2.61. The van der Waals surface area contributed by atoms with Gasteiger partial charge in [-0.3, -0.25) is 0 Å². The quantitative estimate of drug-likeness (QED) is 0.783. The SMILES string of the molecule is CCC(CN)CN(C)c1ccc(C)o1. The molecule has 0 aliphatic rings. The van der Waals surface area contributed by atoms with Crippen LogP contribution in [0.3, 0.4) is 0 Å². The lowest BCUT2D eigenvalue weighted by Gasteiger charge is -2.21. The van der Waals surface area contributed by atoms with Gasteiger partial charge in [-0.2, -0.15) is 0 Å². The van der Waals surface area contributed by atoms with Crippen LogP contribution >= 0.6 is 0 Å². The third-order valence-electron chi connectivity index (χ3n) is 2.55. The van der Waals surface area contributed by atoms with Gasteiger partial charge in [0.2, 0.25) is 0 Å². The van der Waals surface area contributed by atoms with Gasteiger partial charge in [-0.25, -0.2) is 0 Å². The lowest BCUT2D eigenvalue weighted by molar-refractivity contribution is 0.479. The topological polar surface area (TPSA) is 42.4 Å². The molecule has 0 radical (unpaired) electrons. The van der Waals surface area contributed by atoms with Gasteiger partial charge in [0.05, 0.1) is 0 Å². The number of hydrogen-bond donors (Lipinski definition) is 1. The molecule has 0 amide bonds. The number of furan rings is 1. The molecule has 1 rings (SSSR count). The van der Waals surface area contributed by atoms with Gasteiger partial charge >= 0.3 is 0 Å². The van der Waals surface area contributed by atoms with Crippen LogP contribution in [0, 0.1) is 12.8 Å². The molecule has 0 aliphatic carbocycles. The van der Waals surface area contributed by atoms with E-state index in [-0.39, 0.29) is 0 Å². The third kappa shape index (κ3) is 2.77. The Labute approximate surface area is 85.9 Å². The van der Waals surface area contributed by atoms with E-state index in [2.05, 4.69) is 11.8 Å². The summed E-state index contributed by atoms with van der Waals surface area (Å²) in [7, 11) is 2.04. The van der Waals surface area contributed by atoms with E-state index < -0.39 is 0 Å². The minimum Gasteiger partial charge on any atom is -0.446 e. The summed E-state index contributed by atoms with van der Waals surface area (Å²) in [4.78, 5) is 2.12. The van der Waals surface area contributed by atoms with E-state index in [1.165, 1.54) is 0 Å². The van der Waals surface area contributed by atoms with Crippen molar-refractivity contribution in [2.24, 2.45) is 11.7 Å². The van der Waals surface area contributed by atoms with Crippen molar-refractivity contribution in [3.63, 3.8) is 0 Å². The number of aryl methyl sites for hydroxylation is 1. The van der Waals surface area contributed by atoms with Gasteiger partial charge in [0, 0.05) is 19.7 Å².